The average Bonchev–Trinajstić information content (AvgIpc) is 2.42. The van der Waals surface area contributed by atoms with Crippen molar-refractivity contribution in [3.05, 3.63) is 59.2 Å². The SMILES string of the molecule is Cc1ccc(NS(=O)(=O)c2ccc(F)c(C(=O)O)c2)c(F)c1. The number of carboxylic acids is 1. The molecule has 5 nitrogen and oxygen atoms in total. The molecule has 8 heteroatoms. The van der Waals surface area contributed by atoms with Crippen LogP contribution in [0.1, 0.15) is 15.9 Å². The normalized spacial score (nSPS) is 11.2. The van der Waals surface area contributed by atoms with Crippen LogP contribution >= 0.6 is 0 Å². The van der Waals surface area contributed by atoms with Gasteiger partial charge in [0.05, 0.1) is 16.1 Å². The lowest BCUT2D eigenvalue weighted by Gasteiger charge is -2.10. The van der Waals surface area contributed by atoms with Crippen LogP contribution in [0.4, 0.5) is 14.5 Å². The maximum absolute atomic E-state index is 13.7. The predicted octanol–water partition coefficient (Wildman–Crippen LogP) is 2.77. The van der Waals surface area contributed by atoms with E-state index < -0.39 is 38.1 Å². The molecule has 0 aliphatic rings. The van der Waals surface area contributed by atoms with E-state index >= 15 is 0 Å². The quantitative estimate of drug-likeness (QED) is 0.904. The predicted molar refractivity (Wildman–Crippen MR) is 75.3 cm³/mol. The summed E-state index contributed by atoms with van der Waals surface area (Å²) < 4.78 is 53.2. The minimum atomic E-state index is -4.24. The summed E-state index contributed by atoms with van der Waals surface area (Å²) in [5.74, 6) is -3.44. The van der Waals surface area contributed by atoms with E-state index in [-0.39, 0.29) is 5.69 Å². The molecule has 0 heterocycles. The van der Waals surface area contributed by atoms with Crippen molar-refractivity contribution in [3.8, 4) is 0 Å². The van der Waals surface area contributed by atoms with E-state index in [0.29, 0.717) is 11.6 Å². The van der Waals surface area contributed by atoms with Crippen LogP contribution in [0.5, 0.6) is 0 Å². The third kappa shape index (κ3) is 3.22. The van der Waals surface area contributed by atoms with E-state index in [1.54, 1.807) is 6.92 Å². The number of hydrogen-bond donors (Lipinski definition) is 2. The lowest BCUT2D eigenvalue weighted by Crippen LogP contribution is -2.15. The number of aromatic carboxylic acids is 1. The van der Waals surface area contributed by atoms with Crippen LogP contribution in [0.2, 0.25) is 0 Å². The molecule has 0 saturated carbocycles. The van der Waals surface area contributed by atoms with Gasteiger partial charge >= 0.3 is 5.97 Å². The van der Waals surface area contributed by atoms with Crippen molar-refractivity contribution in [2.75, 3.05) is 4.72 Å². The topological polar surface area (TPSA) is 83.5 Å². The summed E-state index contributed by atoms with van der Waals surface area (Å²) in [5.41, 5.74) is -0.463. The van der Waals surface area contributed by atoms with Gasteiger partial charge in [-0.1, -0.05) is 6.07 Å². The molecule has 2 N–H and O–H groups in total. The Kier molecular flexibility index (Phi) is 4.14. The number of carboxylic acid groups (broad SMARTS) is 1. The van der Waals surface area contributed by atoms with Gasteiger partial charge in [-0.15, -0.1) is 0 Å². The van der Waals surface area contributed by atoms with Crippen molar-refractivity contribution in [2.45, 2.75) is 11.8 Å². The van der Waals surface area contributed by atoms with Gasteiger partial charge in [-0.2, -0.15) is 0 Å². The zero-order valence-corrected chi connectivity index (χ0v) is 12.1. The standard InChI is InChI=1S/C14H11F2NO4S/c1-8-2-5-13(12(16)6-8)17-22(20,21)9-3-4-11(15)10(7-9)14(18)19/h2-7,17H,1H3,(H,18,19). The molecule has 0 bridgehead atoms. The Hall–Kier alpha value is -2.48. The van der Waals surface area contributed by atoms with E-state index in [1.165, 1.54) is 12.1 Å². The number of halogens is 2. The van der Waals surface area contributed by atoms with Gasteiger partial charge < -0.3 is 5.11 Å². The number of carbonyl (C=O) groups is 1. The maximum atomic E-state index is 13.7. The third-order valence-corrected chi connectivity index (χ3v) is 4.21. The molecule has 2 aromatic carbocycles. The highest BCUT2D eigenvalue weighted by molar-refractivity contribution is 7.92. The minimum Gasteiger partial charge on any atom is -0.478 e. The molecular weight excluding hydrogens is 316 g/mol. The number of rotatable bonds is 4. The summed E-state index contributed by atoms with van der Waals surface area (Å²) >= 11 is 0. The highest BCUT2D eigenvalue weighted by Gasteiger charge is 2.20. The smallest absolute Gasteiger partial charge is 0.338 e. The summed E-state index contributed by atoms with van der Waals surface area (Å²) in [6.07, 6.45) is 0. The molecule has 0 spiro atoms. The lowest BCUT2D eigenvalue weighted by molar-refractivity contribution is 0.0691. The van der Waals surface area contributed by atoms with E-state index in [1.807, 2.05) is 4.72 Å². The molecule has 0 aromatic heterocycles. The van der Waals surface area contributed by atoms with Gasteiger partial charge in [0.1, 0.15) is 11.6 Å². The van der Waals surface area contributed by atoms with E-state index in [0.717, 1.165) is 18.2 Å². The highest BCUT2D eigenvalue weighted by Crippen LogP contribution is 2.21. The van der Waals surface area contributed by atoms with Crippen LogP contribution in [0.25, 0.3) is 0 Å². The van der Waals surface area contributed by atoms with Crippen molar-refractivity contribution in [3.63, 3.8) is 0 Å². The first-order chi connectivity index (χ1) is 10.2. The van der Waals surface area contributed by atoms with E-state index in [2.05, 4.69) is 0 Å². The fourth-order valence-electron chi connectivity index (χ4n) is 1.74. The second-order valence-electron chi connectivity index (χ2n) is 4.54. The van der Waals surface area contributed by atoms with Crippen molar-refractivity contribution >= 4 is 21.7 Å². The molecule has 2 rings (SSSR count). The molecule has 0 fully saturated rings. The molecule has 0 radical (unpaired) electrons. The lowest BCUT2D eigenvalue weighted by atomic mass is 10.2. The number of nitrogens with one attached hydrogen (secondary N) is 1. The van der Waals surface area contributed by atoms with Gasteiger partial charge in [0, 0.05) is 0 Å². The Morgan fingerprint density at radius 3 is 2.36 bits per heavy atom. The Morgan fingerprint density at radius 2 is 1.77 bits per heavy atom. The van der Waals surface area contributed by atoms with Gasteiger partial charge in [0.15, 0.2) is 0 Å². The van der Waals surface area contributed by atoms with Gasteiger partial charge in [-0.25, -0.2) is 22.0 Å². The molecule has 0 saturated heterocycles. The first-order valence-corrected chi connectivity index (χ1v) is 7.51. The van der Waals surface area contributed by atoms with Crippen LogP contribution in [0.15, 0.2) is 41.3 Å². The Bertz CT molecular complexity index is 850. The maximum Gasteiger partial charge on any atom is 0.338 e. The monoisotopic (exact) mass is 327 g/mol. The van der Waals surface area contributed by atoms with Crippen LogP contribution in [0.3, 0.4) is 0 Å². The van der Waals surface area contributed by atoms with E-state index in [4.69, 9.17) is 5.11 Å². The van der Waals surface area contributed by atoms with Gasteiger partial charge in [-0.3, -0.25) is 4.72 Å². The van der Waals surface area contributed by atoms with Crippen LogP contribution in [-0.2, 0) is 10.0 Å². The molecule has 116 valence electrons. The zero-order chi connectivity index (χ0) is 16.5. The molecule has 0 amide bonds. The molecule has 0 unspecified atom stereocenters. The number of aryl methyl sites for hydroxylation is 1. The summed E-state index contributed by atoms with van der Waals surface area (Å²) in [5, 5.41) is 8.80. The van der Waals surface area contributed by atoms with Crippen molar-refractivity contribution in [1.29, 1.82) is 0 Å². The van der Waals surface area contributed by atoms with Crippen molar-refractivity contribution in [1.82, 2.24) is 0 Å². The summed E-state index contributed by atoms with van der Waals surface area (Å²) in [7, 11) is -4.24. The molecule has 2 aromatic rings. The second kappa shape index (κ2) is 5.72. The average molecular weight is 327 g/mol. The summed E-state index contributed by atoms with van der Waals surface area (Å²) in [4.78, 5) is 10.4. The van der Waals surface area contributed by atoms with E-state index in [9.17, 15) is 22.0 Å². The van der Waals surface area contributed by atoms with Gasteiger partial charge in [0.25, 0.3) is 10.0 Å². The molecule has 0 atom stereocenters. The van der Waals surface area contributed by atoms with Crippen LogP contribution in [0, 0.1) is 18.6 Å². The Balaban J connectivity index is 2.42. The second-order valence-corrected chi connectivity index (χ2v) is 6.22. The molecule has 0 aliphatic carbocycles. The zero-order valence-electron chi connectivity index (χ0n) is 11.3. The number of sulfonamides is 1. The first kappa shape index (κ1) is 15.9. The third-order valence-electron chi connectivity index (χ3n) is 2.85. The molecule has 0 aliphatic heterocycles. The van der Waals surface area contributed by atoms with Crippen LogP contribution in [-0.4, -0.2) is 19.5 Å². The minimum absolute atomic E-state index is 0.285. The van der Waals surface area contributed by atoms with Gasteiger partial charge in [-0.05, 0) is 42.8 Å². The highest BCUT2D eigenvalue weighted by atomic mass is 32.2. The Labute approximate surface area is 125 Å². The Morgan fingerprint density at radius 1 is 1.09 bits per heavy atom. The molecular formula is C14H11F2NO4S. The summed E-state index contributed by atoms with van der Waals surface area (Å²) in [6.45, 7) is 1.64. The first-order valence-electron chi connectivity index (χ1n) is 6.02. The molecule has 22 heavy (non-hydrogen) atoms. The number of hydrogen-bond acceptors (Lipinski definition) is 3. The number of anilines is 1. The number of benzene rings is 2. The summed E-state index contributed by atoms with van der Waals surface area (Å²) in [6, 6.07) is 6.19. The van der Waals surface area contributed by atoms with Crippen molar-refractivity contribution < 1.29 is 27.1 Å². The van der Waals surface area contributed by atoms with Crippen LogP contribution < -0.4 is 4.72 Å². The van der Waals surface area contributed by atoms with Crippen molar-refractivity contribution in [2.24, 2.45) is 0 Å². The fraction of sp³-hybridized carbons (Fsp3) is 0.0714. The largest absolute Gasteiger partial charge is 0.478 e. The van der Waals surface area contributed by atoms with Gasteiger partial charge in [0.2, 0.25) is 0 Å². The fourth-order valence-corrected chi connectivity index (χ4v) is 2.84.